The van der Waals surface area contributed by atoms with Gasteiger partial charge in [0.05, 0.1) is 12.8 Å². The highest BCUT2D eigenvalue weighted by molar-refractivity contribution is 5.91. The van der Waals surface area contributed by atoms with E-state index in [2.05, 4.69) is 17.6 Å². The minimum Gasteiger partial charge on any atom is -0.495 e. The van der Waals surface area contributed by atoms with E-state index in [9.17, 15) is 4.79 Å². The van der Waals surface area contributed by atoms with Gasteiger partial charge >= 0.3 is 6.03 Å². The average molecular weight is 250 g/mol. The molecule has 0 saturated carbocycles. The van der Waals surface area contributed by atoms with Crippen molar-refractivity contribution in [3.63, 3.8) is 0 Å². The molecule has 1 aromatic carbocycles. The minimum atomic E-state index is -0.195. The molecule has 4 heteroatoms. The van der Waals surface area contributed by atoms with Gasteiger partial charge in [-0.3, -0.25) is 0 Å². The molecule has 0 bridgehead atoms. The zero-order chi connectivity index (χ0) is 13.5. The fourth-order valence-corrected chi connectivity index (χ4v) is 1.81. The maximum atomic E-state index is 11.8. The molecule has 1 aromatic rings. The van der Waals surface area contributed by atoms with Gasteiger partial charge in [0.1, 0.15) is 5.75 Å². The SMILES string of the molecule is CCCC(C)NC(=O)Nc1cc(C)ccc1OC. The zero-order valence-corrected chi connectivity index (χ0v) is 11.5. The molecular formula is C14H22N2O2. The van der Waals surface area contributed by atoms with Crippen molar-refractivity contribution in [3.05, 3.63) is 23.8 Å². The molecule has 1 atom stereocenters. The maximum absolute atomic E-state index is 11.8. The number of hydrogen-bond acceptors (Lipinski definition) is 2. The van der Waals surface area contributed by atoms with Crippen LogP contribution in [0.15, 0.2) is 18.2 Å². The van der Waals surface area contributed by atoms with E-state index in [-0.39, 0.29) is 12.1 Å². The Kier molecular flexibility index (Phi) is 5.49. The van der Waals surface area contributed by atoms with Crippen molar-refractivity contribution in [2.45, 2.75) is 39.7 Å². The molecule has 0 heterocycles. The van der Waals surface area contributed by atoms with Crippen LogP contribution in [0, 0.1) is 6.92 Å². The summed E-state index contributed by atoms with van der Waals surface area (Å²) < 4.78 is 5.21. The number of ether oxygens (including phenoxy) is 1. The molecule has 0 saturated heterocycles. The van der Waals surface area contributed by atoms with Crippen LogP contribution in [0.5, 0.6) is 5.75 Å². The number of urea groups is 1. The number of anilines is 1. The van der Waals surface area contributed by atoms with Gasteiger partial charge < -0.3 is 15.4 Å². The van der Waals surface area contributed by atoms with E-state index in [0.717, 1.165) is 18.4 Å². The summed E-state index contributed by atoms with van der Waals surface area (Å²) in [6, 6.07) is 5.66. The quantitative estimate of drug-likeness (QED) is 0.842. The lowest BCUT2D eigenvalue weighted by Gasteiger charge is -2.15. The lowest BCUT2D eigenvalue weighted by atomic mass is 10.2. The number of carbonyl (C=O) groups excluding carboxylic acids is 1. The van der Waals surface area contributed by atoms with Gasteiger partial charge in [0.2, 0.25) is 0 Å². The molecule has 4 nitrogen and oxygen atoms in total. The van der Waals surface area contributed by atoms with E-state index in [1.54, 1.807) is 7.11 Å². The zero-order valence-electron chi connectivity index (χ0n) is 11.5. The topological polar surface area (TPSA) is 50.4 Å². The molecule has 2 amide bonds. The molecule has 100 valence electrons. The third kappa shape index (κ3) is 4.28. The van der Waals surface area contributed by atoms with Gasteiger partial charge in [-0.25, -0.2) is 4.79 Å². The first-order valence-corrected chi connectivity index (χ1v) is 6.29. The second-order valence-electron chi connectivity index (χ2n) is 4.49. The second-order valence-corrected chi connectivity index (χ2v) is 4.49. The molecule has 1 unspecified atom stereocenters. The standard InChI is InChI=1S/C14H22N2O2/c1-5-6-11(3)15-14(17)16-12-9-10(2)7-8-13(12)18-4/h7-9,11H,5-6H2,1-4H3,(H2,15,16,17). The normalized spacial score (nSPS) is 11.8. The van der Waals surface area contributed by atoms with Crippen molar-refractivity contribution in [1.82, 2.24) is 5.32 Å². The van der Waals surface area contributed by atoms with Crippen molar-refractivity contribution in [3.8, 4) is 5.75 Å². The highest BCUT2D eigenvalue weighted by Crippen LogP contribution is 2.24. The van der Waals surface area contributed by atoms with Gasteiger partial charge in [0.25, 0.3) is 0 Å². The Morgan fingerprint density at radius 2 is 2.17 bits per heavy atom. The fraction of sp³-hybridized carbons (Fsp3) is 0.500. The van der Waals surface area contributed by atoms with Crippen LogP contribution in [-0.2, 0) is 0 Å². The molecule has 0 spiro atoms. The predicted molar refractivity (Wildman–Crippen MR) is 74.3 cm³/mol. The molecule has 0 aliphatic rings. The number of benzene rings is 1. The summed E-state index contributed by atoms with van der Waals surface area (Å²) in [5.74, 6) is 0.666. The number of methoxy groups -OCH3 is 1. The summed E-state index contributed by atoms with van der Waals surface area (Å²) >= 11 is 0. The third-order valence-electron chi connectivity index (χ3n) is 2.70. The molecule has 0 aromatic heterocycles. The average Bonchev–Trinajstić information content (AvgIpc) is 2.29. The van der Waals surface area contributed by atoms with Crippen molar-refractivity contribution >= 4 is 11.7 Å². The summed E-state index contributed by atoms with van der Waals surface area (Å²) in [5.41, 5.74) is 1.77. The molecular weight excluding hydrogens is 228 g/mol. The first-order valence-electron chi connectivity index (χ1n) is 6.29. The van der Waals surface area contributed by atoms with Crippen LogP contribution in [0.3, 0.4) is 0 Å². The summed E-state index contributed by atoms with van der Waals surface area (Å²) in [5, 5.41) is 5.71. The molecule has 0 aliphatic heterocycles. The van der Waals surface area contributed by atoms with Crippen LogP contribution in [0.1, 0.15) is 32.3 Å². The minimum absolute atomic E-state index is 0.172. The van der Waals surface area contributed by atoms with Crippen LogP contribution in [-0.4, -0.2) is 19.2 Å². The Hall–Kier alpha value is -1.71. The van der Waals surface area contributed by atoms with E-state index in [1.165, 1.54) is 0 Å². The Labute approximate surface area is 109 Å². The van der Waals surface area contributed by atoms with Gasteiger partial charge in [-0.1, -0.05) is 19.4 Å². The molecule has 1 rings (SSSR count). The van der Waals surface area contributed by atoms with Gasteiger partial charge in [-0.05, 0) is 38.0 Å². The predicted octanol–water partition coefficient (Wildman–Crippen LogP) is 3.31. The smallest absolute Gasteiger partial charge is 0.319 e. The van der Waals surface area contributed by atoms with Crippen molar-refractivity contribution in [2.75, 3.05) is 12.4 Å². The molecule has 0 fully saturated rings. The van der Waals surface area contributed by atoms with E-state index < -0.39 is 0 Å². The lowest BCUT2D eigenvalue weighted by Crippen LogP contribution is -2.36. The largest absolute Gasteiger partial charge is 0.495 e. The summed E-state index contributed by atoms with van der Waals surface area (Å²) in [6.07, 6.45) is 2.02. The summed E-state index contributed by atoms with van der Waals surface area (Å²) in [6.45, 7) is 6.07. The molecule has 18 heavy (non-hydrogen) atoms. The monoisotopic (exact) mass is 250 g/mol. The van der Waals surface area contributed by atoms with E-state index in [0.29, 0.717) is 11.4 Å². The Bertz CT molecular complexity index is 405. The van der Waals surface area contributed by atoms with E-state index >= 15 is 0 Å². The first kappa shape index (κ1) is 14.4. The van der Waals surface area contributed by atoms with Crippen molar-refractivity contribution in [1.29, 1.82) is 0 Å². The summed E-state index contributed by atoms with van der Waals surface area (Å²) in [7, 11) is 1.59. The second kappa shape index (κ2) is 6.89. The van der Waals surface area contributed by atoms with Crippen molar-refractivity contribution < 1.29 is 9.53 Å². The van der Waals surface area contributed by atoms with Crippen LogP contribution >= 0.6 is 0 Å². The van der Waals surface area contributed by atoms with Gasteiger partial charge in [0, 0.05) is 6.04 Å². The Morgan fingerprint density at radius 3 is 2.78 bits per heavy atom. The molecule has 0 aliphatic carbocycles. The van der Waals surface area contributed by atoms with Crippen LogP contribution in [0.25, 0.3) is 0 Å². The number of nitrogens with one attached hydrogen (secondary N) is 2. The number of hydrogen-bond donors (Lipinski definition) is 2. The molecule has 0 radical (unpaired) electrons. The highest BCUT2D eigenvalue weighted by Gasteiger charge is 2.09. The van der Waals surface area contributed by atoms with Gasteiger partial charge in [-0.2, -0.15) is 0 Å². The maximum Gasteiger partial charge on any atom is 0.319 e. The van der Waals surface area contributed by atoms with E-state index in [4.69, 9.17) is 4.74 Å². The Morgan fingerprint density at radius 1 is 1.44 bits per heavy atom. The summed E-state index contributed by atoms with van der Waals surface area (Å²) in [4.78, 5) is 11.8. The van der Waals surface area contributed by atoms with E-state index in [1.807, 2.05) is 32.0 Å². The Balaban J connectivity index is 2.66. The first-order chi connectivity index (χ1) is 8.56. The van der Waals surface area contributed by atoms with Gasteiger partial charge in [-0.15, -0.1) is 0 Å². The fourth-order valence-electron chi connectivity index (χ4n) is 1.81. The number of aryl methyl sites for hydroxylation is 1. The van der Waals surface area contributed by atoms with Crippen molar-refractivity contribution in [2.24, 2.45) is 0 Å². The lowest BCUT2D eigenvalue weighted by molar-refractivity contribution is 0.248. The number of carbonyl (C=O) groups is 1. The highest BCUT2D eigenvalue weighted by atomic mass is 16.5. The molecule has 2 N–H and O–H groups in total. The van der Waals surface area contributed by atoms with Gasteiger partial charge in [0.15, 0.2) is 0 Å². The third-order valence-corrected chi connectivity index (χ3v) is 2.70. The number of rotatable bonds is 5. The number of amides is 2. The van der Waals surface area contributed by atoms with Crippen LogP contribution in [0.2, 0.25) is 0 Å². The van der Waals surface area contributed by atoms with Crippen LogP contribution < -0.4 is 15.4 Å². The van der Waals surface area contributed by atoms with Crippen LogP contribution in [0.4, 0.5) is 10.5 Å².